The number of hydrogen-bond donors (Lipinski definition) is 2. The number of para-hydroxylation sites is 1. The summed E-state index contributed by atoms with van der Waals surface area (Å²) in [5, 5.41) is 5.69. The summed E-state index contributed by atoms with van der Waals surface area (Å²) >= 11 is 0. The van der Waals surface area contributed by atoms with Crippen molar-refractivity contribution in [2.24, 2.45) is 5.92 Å². The van der Waals surface area contributed by atoms with Crippen LogP contribution in [0, 0.1) is 5.92 Å². The largest absolute Gasteiger partial charge is 0.439 e. The van der Waals surface area contributed by atoms with E-state index < -0.39 is 0 Å². The summed E-state index contributed by atoms with van der Waals surface area (Å²) in [5.74, 6) is 0.781. The lowest BCUT2D eigenvalue weighted by molar-refractivity contribution is -0.118. The highest BCUT2D eigenvalue weighted by Crippen LogP contribution is 2.18. The minimum Gasteiger partial charge on any atom is -0.439 e. The van der Waals surface area contributed by atoms with E-state index in [1.54, 1.807) is 12.1 Å². The molecule has 1 aromatic heterocycles. The molecule has 1 heterocycles. The molecule has 148 valence electrons. The Morgan fingerprint density at radius 3 is 2.31 bits per heavy atom. The number of ether oxygens (including phenoxy) is 1. The van der Waals surface area contributed by atoms with Crippen LogP contribution in [0.1, 0.15) is 29.8 Å². The summed E-state index contributed by atoms with van der Waals surface area (Å²) in [6.07, 6.45) is 1.48. The molecule has 2 N–H and O–H groups in total. The van der Waals surface area contributed by atoms with E-state index in [1.807, 2.05) is 68.4 Å². The predicted octanol–water partition coefficient (Wildman–Crippen LogP) is 4.40. The zero-order valence-corrected chi connectivity index (χ0v) is 16.4. The first kappa shape index (κ1) is 20.1. The van der Waals surface area contributed by atoms with E-state index in [-0.39, 0.29) is 17.7 Å². The van der Waals surface area contributed by atoms with Crippen LogP contribution in [0.4, 0.5) is 5.69 Å². The standard InChI is InChI=1S/C23H23N3O3/c1-16(2)22(27)26-19-11-8-17(9-12-19)14-25-23(28)18-10-13-21(24-15-18)29-20-6-4-3-5-7-20/h3-13,15-16H,14H2,1-2H3,(H,25,28)(H,26,27). The minimum atomic E-state index is -0.221. The van der Waals surface area contributed by atoms with Gasteiger partial charge >= 0.3 is 0 Å². The minimum absolute atomic E-state index is 0.0294. The molecule has 6 heteroatoms. The number of nitrogens with zero attached hydrogens (tertiary/aromatic N) is 1. The van der Waals surface area contributed by atoms with Crippen molar-refractivity contribution in [1.29, 1.82) is 0 Å². The number of anilines is 1. The molecule has 29 heavy (non-hydrogen) atoms. The van der Waals surface area contributed by atoms with Gasteiger partial charge in [0.25, 0.3) is 5.91 Å². The number of pyridine rings is 1. The topological polar surface area (TPSA) is 80.3 Å². The van der Waals surface area contributed by atoms with Crippen LogP contribution < -0.4 is 15.4 Å². The third-order valence-electron chi connectivity index (χ3n) is 4.16. The number of carbonyl (C=O) groups excluding carboxylic acids is 2. The molecule has 0 atom stereocenters. The highest BCUT2D eigenvalue weighted by atomic mass is 16.5. The van der Waals surface area contributed by atoms with Gasteiger partial charge in [-0.1, -0.05) is 44.2 Å². The van der Waals surface area contributed by atoms with Crippen molar-refractivity contribution >= 4 is 17.5 Å². The molecule has 0 aliphatic carbocycles. The fraction of sp³-hybridized carbons (Fsp3) is 0.174. The van der Waals surface area contributed by atoms with Crippen molar-refractivity contribution < 1.29 is 14.3 Å². The molecular formula is C23H23N3O3. The Kier molecular flexibility index (Phi) is 6.58. The van der Waals surface area contributed by atoms with Gasteiger partial charge < -0.3 is 15.4 Å². The van der Waals surface area contributed by atoms with Gasteiger partial charge in [-0.2, -0.15) is 0 Å². The first-order valence-corrected chi connectivity index (χ1v) is 9.38. The maximum atomic E-state index is 12.3. The number of aromatic nitrogens is 1. The molecule has 0 spiro atoms. The molecule has 0 radical (unpaired) electrons. The Balaban J connectivity index is 1.52. The van der Waals surface area contributed by atoms with Gasteiger partial charge in [0.15, 0.2) is 0 Å². The Labute approximate surface area is 169 Å². The lowest BCUT2D eigenvalue weighted by Crippen LogP contribution is -2.23. The second-order valence-corrected chi connectivity index (χ2v) is 6.82. The highest BCUT2D eigenvalue weighted by molar-refractivity contribution is 5.94. The maximum Gasteiger partial charge on any atom is 0.253 e. The molecule has 0 saturated carbocycles. The summed E-state index contributed by atoms with van der Waals surface area (Å²) in [6.45, 7) is 4.06. The van der Waals surface area contributed by atoms with Crippen LogP contribution >= 0.6 is 0 Å². The monoisotopic (exact) mass is 389 g/mol. The van der Waals surface area contributed by atoms with E-state index in [4.69, 9.17) is 4.74 Å². The van der Waals surface area contributed by atoms with Gasteiger partial charge in [0.1, 0.15) is 5.75 Å². The van der Waals surface area contributed by atoms with Crippen molar-refractivity contribution in [2.75, 3.05) is 5.32 Å². The SMILES string of the molecule is CC(C)C(=O)Nc1ccc(CNC(=O)c2ccc(Oc3ccccc3)nc2)cc1. The van der Waals surface area contributed by atoms with E-state index in [9.17, 15) is 9.59 Å². The number of nitrogens with one attached hydrogen (secondary N) is 2. The number of rotatable bonds is 7. The average Bonchev–Trinajstić information content (AvgIpc) is 2.74. The molecule has 2 amide bonds. The predicted molar refractivity (Wildman–Crippen MR) is 112 cm³/mol. The van der Waals surface area contributed by atoms with Crippen LogP contribution in [-0.4, -0.2) is 16.8 Å². The van der Waals surface area contributed by atoms with Crippen LogP contribution in [0.3, 0.4) is 0 Å². The Bertz CT molecular complexity index is 953. The van der Waals surface area contributed by atoms with Crippen molar-refractivity contribution in [1.82, 2.24) is 10.3 Å². The van der Waals surface area contributed by atoms with Gasteiger partial charge in [-0.25, -0.2) is 4.98 Å². The normalized spacial score (nSPS) is 10.4. The molecule has 3 rings (SSSR count). The molecule has 0 fully saturated rings. The molecule has 3 aromatic rings. The summed E-state index contributed by atoms with van der Waals surface area (Å²) in [4.78, 5) is 28.2. The van der Waals surface area contributed by atoms with E-state index in [0.29, 0.717) is 23.7 Å². The molecule has 0 unspecified atom stereocenters. The quantitative estimate of drug-likeness (QED) is 0.628. The van der Waals surface area contributed by atoms with E-state index in [0.717, 1.165) is 11.3 Å². The van der Waals surface area contributed by atoms with Crippen molar-refractivity contribution in [3.63, 3.8) is 0 Å². The van der Waals surface area contributed by atoms with Crippen molar-refractivity contribution in [3.8, 4) is 11.6 Å². The van der Waals surface area contributed by atoms with E-state index >= 15 is 0 Å². The lowest BCUT2D eigenvalue weighted by atomic mass is 10.1. The third kappa shape index (κ3) is 5.90. The molecule has 0 bridgehead atoms. The van der Waals surface area contributed by atoms with Gasteiger partial charge in [0.2, 0.25) is 11.8 Å². The second-order valence-electron chi connectivity index (χ2n) is 6.82. The van der Waals surface area contributed by atoms with Gasteiger partial charge in [-0.05, 0) is 35.9 Å². The molecular weight excluding hydrogens is 366 g/mol. The van der Waals surface area contributed by atoms with Crippen LogP contribution in [0.15, 0.2) is 72.9 Å². The van der Waals surface area contributed by atoms with Gasteiger partial charge in [0, 0.05) is 30.4 Å². The lowest BCUT2D eigenvalue weighted by Gasteiger charge is -2.09. The van der Waals surface area contributed by atoms with Crippen LogP contribution in [0.2, 0.25) is 0 Å². The van der Waals surface area contributed by atoms with E-state index in [2.05, 4.69) is 15.6 Å². The summed E-state index contributed by atoms with van der Waals surface area (Å²) in [6, 6.07) is 20.0. The third-order valence-corrected chi connectivity index (χ3v) is 4.16. The zero-order chi connectivity index (χ0) is 20.6. The van der Waals surface area contributed by atoms with Gasteiger partial charge in [0.05, 0.1) is 5.56 Å². The Morgan fingerprint density at radius 2 is 1.69 bits per heavy atom. The van der Waals surface area contributed by atoms with Crippen LogP contribution in [0.5, 0.6) is 11.6 Å². The molecule has 0 aliphatic rings. The zero-order valence-electron chi connectivity index (χ0n) is 16.4. The number of hydrogen-bond acceptors (Lipinski definition) is 4. The fourth-order valence-corrected chi connectivity index (χ4v) is 2.46. The maximum absolute atomic E-state index is 12.3. The number of amides is 2. The Morgan fingerprint density at radius 1 is 0.966 bits per heavy atom. The highest BCUT2D eigenvalue weighted by Gasteiger charge is 2.09. The first-order chi connectivity index (χ1) is 14.0. The molecule has 6 nitrogen and oxygen atoms in total. The van der Waals surface area contributed by atoms with Crippen molar-refractivity contribution in [3.05, 3.63) is 84.1 Å². The van der Waals surface area contributed by atoms with Gasteiger partial charge in [-0.3, -0.25) is 9.59 Å². The summed E-state index contributed by atoms with van der Waals surface area (Å²) in [7, 11) is 0. The second kappa shape index (κ2) is 9.50. The summed E-state index contributed by atoms with van der Waals surface area (Å²) < 4.78 is 5.62. The molecule has 0 saturated heterocycles. The van der Waals surface area contributed by atoms with Crippen LogP contribution in [-0.2, 0) is 11.3 Å². The van der Waals surface area contributed by atoms with Crippen LogP contribution in [0.25, 0.3) is 0 Å². The van der Waals surface area contributed by atoms with Crippen molar-refractivity contribution in [2.45, 2.75) is 20.4 Å². The Hall–Kier alpha value is -3.67. The summed E-state index contributed by atoms with van der Waals surface area (Å²) in [5.41, 5.74) is 2.11. The number of benzene rings is 2. The first-order valence-electron chi connectivity index (χ1n) is 9.38. The smallest absolute Gasteiger partial charge is 0.253 e. The van der Waals surface area contributed by atoms with Gasteiger partial charge in [-0.15, -0.1) is 0 Å². The van der Waals surface area contributed by atoms with E-state index in [1.165, 1.54) is 6.20 Å². The average molecular weight is 389 g/mol. The fourth-order valence-electron chi connectivity index (χ4n) is 2.46. The number of carbonyl (C=O) groups is 2. The molecule has 2 aromatic carbocycles. The molecule has 0 aliphatic heterocycles.